The lowest BCUT2D eigenvalue weighted by Gasteiger charge is -2.09. The van der Waals surface area contributed by atoms with Crippen LogP contribution in [0.4, 0.5) is 11.4 Å². The van der Waals surface area contributed by atoms with Crippen molar-refractivity contribution in [3.8, 4) is 11.1 Å². The number of nitrogens with zero attached hydrogens (tertiary/aromatic N) is 1. The van der Waals surface area contributed by atoms with Gasteiger partial charge in [0, 0.05) is 18.3 Å². The predicted octanol–water partition coefficient (Wildman–Crippen LogP) is 3.57. The van der Waals surface area contributed by atoms with E-state index in [2.05, 4.69) is 10.6 Å². The molecule has 2 N–H and O–H groups in total. The first-order valence-corrected chi connectivity index (χ1v) is 6.91. The molecule has 0 aliphatic heterocycles. The fraction of sp³-hybridized carbons (Fsp3) is 0.133. The van der Waals surface area contributed by atoms with E-state index >= 15 is 0 Å². The van der Waals surface area contributed by atoms with Gasteiger partial charge in [0.15, 0.2) is 5.11 Å². The second-order valence-corrected chi connectivity index (χ2v) is 4.74. The number of nitro benzene ring substituents is 1. The first kappa shape index (κ1) is 14.9. The lowest BCUT2D eigenvalue weighted by atomic mass is 10.0. The van der Waals surface area contributed by atoms with Crippen LogP contribution in [0.5, 0.6) is 0 Å². The molecule has 0 saturated heterocycles. The Bertz CT molecular complexity index is 656. The quantitative estimate of drug-likeness (QED) is 0.513. The summed E-state index contributed by atoms with van der Waals surface area (Å²) in [5.74, 6) is 0. The van der Waals surface area contributed by atoms with Crippen LogP contribution in [-0.2, 0) is 0 Å². The molecule has 0 amide bonds. The van der Waals surface area contributed by atoms with Gasteiger partial charge in [0.05, 0.1) is 10.5 Å². The molecular weight excluding hydrogens is 286 g/mol. The van der Waals surface area contributed by atoms with E-state index in [0.29, 0.717) is 10.7 Å². The summed E-state index contributed by atoms with van der Waals surface area (Å²) in [6.07, 6.45) is 0. The highest BCUT2D eigenvalue weighted by molar-refractivity contribution is 7.80. The minimum absolute atomic E-state index is 0.0985. The van der Waals surface area contributed by atoms with Gasteiger partial charge in [-0.05, 0) is 42.9 Å². The summed E-state index contributed by atoms with van der Waals surface area (Å²) >= 11 is 5.10. The predicted molar refractivity (Wildman–Crippen MR) is 88.4 cm³/mol. The molecule has 21 heavy (non-hydrogen) atoms. The number of hydrogen-bond donors (Lipinski definition) is 2. The van der Waals surface area contributed by atoms with E-state index in [1.807, 2.05) is 31.2 Å². The summed E-state index contributed by atoms with van der Waals surface area (Å²) in [5, 5.41) is 17.6. The Morgan fingerprint density at radius 1 is 1.19 bits per heavy atom. The van der Waals surface area contributed by atoms with E-state index in [4.69, 9.17) is 12.2 Å². The summed E-state index contributed by atoms with van der Waals surface area (Å²) in [4.78, 5) is 10.7. The summed E-state index contributed by atoms with van der Waals surface area (Å²) in [7, 11) is 0. The zero-order valence-electron chi connectivity index (χ0n) is 11.5. The summed E-state index contributed by atoms with van der Waals surface area (Å²) in [6, 6.07) is 14.0. The van der Waals surface area contributed by atoms with Crippen LogP contribution in [0.1, 0.15) is 6.92 Å². The van der Waals surface area contributed by atoms with E-state index in [1.165, 1.54) is 6.07 Å². The van der Waals surface area contributed by atoms with Crippen LogP contribution in [0.15, 0.2) is 48.5 Å². The Morgan fingerprint density at radius 2 is 1.86 bits per heavy atom. The highest BCUT2D eigenvalue weighted by Crippen LogP contribution is 2.30. The molecule has 0 aromatic heterocycles. The van der Waals surface area contributed by atoms with Crippen molar-refractivity contribution in [2.45, 2.75) is 6.92 Å². The van der Waals surface area contributed by atoms with Crippen LogP contribution in [0.25, 0.3) is 11.1 Å². The van der Waals surface area contributed by atoms with E-state index in [0.717, 1.165) is 17.8 Å². The van der Waals surface area contributed by atoms with E-state index in [9.17, 15) is 10.1 Å². The second kappa shape index (κ2) is 6.81. The zero-order chi connectivity index (χ0) is 15.2. The molecule has 5 nitrogen and oxygen atoms in total. The van der Waals surface area contributed by atoms with Crippen molar-refractivity contribution in [2.75, 3.05) is 11.9 Å². The summed E-state index contributed by atoms with van der Waals surface area (Å²) < 4.78 is 0. The topological polar surface area (TPSA) is 67.2 Å². The molecule has 2 aromatic carbocycles. The van der Waals surface area contributed by atoms with Crippen molar-refractivity contribution in [2.24, 2.45) is 0 Å². The third-order valence-corrected chi connectivity index (χ3v) is 3.14. The Labute approximate surface area is 128 Å². The smallest absolute Gasteiger partial charge is 0.277 e. The number of nitrogens with one attached hydrogen (secondary N) is 2. The SMILES string of the molecule is CCNC(=S)Nc1ccc(-c2ccccc2[N+](=O)[O-])cc1. The maximum Gasteiger partial charge on any atom is 0.277 e. The van der Waals surface area contributed by atoms with Crippen molar-refractivity contribution >= 4 is 28.7 Å². The number of rotatable bonds is 4. The van der Waals surface area contributed by atoms with Gasteiger partial charge in [-0.25, -0.2) is 0 Å². The minimum Gasteiger partial charge on any atom is -0.363 e. The van der Waals surface area contributed by atoms with Gasteiger partial charge in [-0.15, -0.1) is 0 Å². The molecule has 0 aliphatic rings. The molecule has 0 saturated carbocycles. The van der Waals surface area contributed by atoms with Gasteiger partial charge in [-0.1, -0.05) is 24.3 Å². The van der Waals surface area contributed by atoms with Crippen molar-refractivity contribution in [1.29, 1.82) is 0 Å². The van der Waals surface area contributed by atoms with E-state index in [-0.39, 0.29) is 10.6 Å². The van der Waals surface area contributed by atoms with Gasteiger partial charge in [0.1, 0.15) is 0 Å². The van der Waals surface area contributed by atoms with Crippen LogP contribution in [0.3, 0.4) is 0 Å². The normalized spacial score (nSPS) is 9.95. The monoisotopic (exact) mass is 301 g/mol. The Hall–Kier alpha value is -2.47. The van der Waals surface area contributed by atoms with Crippen molar-refractivity contribution in [3.05, 3.63) is 58.6 Å². The maximum absolute atomic E-state index is 11.0. The number of thiocarbonyl (C=S) groups is 1. The Balaban J connectivity index is 2.23. The molecular formula is C15H15N3O2S. The Morgan fingerprint density at radius 3 is 2.48 bits per heavy atom. The zero-order valence-corrected chi connectivity index (χ0v) is 12.3. The van der Waals surface area contributed by atoms with Gasteiger partial charge in [-0.2, -0.15) is 0 Å². The number of benzene rings is 2. The van der Waals surface area contributed by atoms with Crippen molar-refractivity contribution in [3.63, 3.8) is 0 Å². The highest BCUT2D eigenvalue weighted by atomic mass is 32.1. The number of anilines is 1. The molecule has 0 atom stereocenters. The molecule has 2 aromatic rings. The van der Waals surface area contributed by atoms with Crippen LogP contribution in [-0.4, -0.2) is 16.6 Å². The minimum atomic E-state index is -0.373. The largest absolute Gasteiger partial charge is 0.363 e. The van der Waals surface area contributed by atoms with Crippen LogP contribution in [0.2, 0.25) is 0 Å². The summed E-state index contributed by atoms with van der Waals surface area (Å²) in [5.41, 5.74) is 2.33. The molecule has 0 aliphatic carbocycles. The Kier molecular flexibility index (Phi) is 4.84. The number of hydrogen-bond acceptors (Lipinski definition) is 3. The molecule has 2 rings (SSSR count). The fourth-order valence-corrected chi connectivity index (χ4v) is 2.21. The number of para-hydroxylation sites is 1. The molecule has 0 fully saturated rings. The molecule has 0 bridgehead atoms. The lowest BCUT2D eigenvalue weighted by molar-refractivity contribution is -0.384. The third-order valence-electron chi connectivity index (χ3n) is 2.89. The lowest BCUT2D eigenvalue weighted by Crippen LogP contribution is -2.27. The molecule has 0 heterocycles. The highest BCUT2D eigenvalue weighted by Gasteiger charge is 2.13. The van der Waals surface area contributed by atoms with Crippen molar-refractivity contribution in [1.82, 2.24) is 5.32 Å². The fourth-order valence-electron chi connectivity index (χ4n) is 1.95. The van der Waals surface area contributed by atoms with E-state index < -0.39 is 0 Å². The molecule has 0 spiro atoms. The average Bonchev–Trinajstić information content (AvgIpc) is 2.48. The van der Waals surface area contributed by atoms with Crippen molar-refractivity contribution < 1.29 is 4.92 Å². The van der Waals surface area contributed by atoms with Gasteiger partial charge in [0.25, 0.3) is 5.69 Å². The molecule has 108 valence electrons. The average molecular weight is 301 g/mol. The molecule has 0 radical (unpaired) electrons. The van der Waals surface area contributed by atoms with Crippen LogP contribution in [0, 0.1) is 10.1 Å². The van der Waals surface area contributed by atoms with Crippen LogP contribution < -0.4 is 10.6 Å². The summed E-state index contributed by atoms with van der Waals surface area (Å²) in [6.45, 7) is 2.71. The van der Waals surface area contributed by atoms with E-state index in [1.54, 1.807) is 18.2 Å². The van der Waals surface area contributed by atoms with Gasteiger partial charge in [0.2, 0.25) is 0 Å². The van der Waals surface area contributed by atoms with Gasteiger partial charge in [-0.3, -0.25) is 10.1 Å². The number of nitro groups is 1. The standard InChI is InChI=1S/C15H15N3O2S/c1-2-16-15(21)17-12-9-7-11(8-10-12)13-5-3-4-6-14(13)18(19)20/h3-10H,2H2,1H3,(H2,16,17,21). The first-order valence-electron chi connectivity index (χ1n) is 6.50. The first-order chi connectivity index (χ1) is 10.1. The molecule has 6 heteroatoms. The second-order valence-electron chi connectivity index (χ2n) is 4.34. The van der Waals surface area contributed by atoms with Crippen LogP contribution >= 0.6 is 12.2 Å². The maximum atomic E-state index is 11.0. The van der Waals surface area contributed by atoms with Gasteiger partial charge < -0.3 is 10.6 Å². The third kappa shape index (κ3) is 3.76. The molecule has 0 unspecified atom stereocenters. The van der Waals surface area contributed by atoms with Gasteiger partial charge >= 0.3 is 0 Å².